The summed E-state index contributed by atoms with van der Waals surface area (Å²) in [6, 6.07) is 0. The van der Waals surface area contributed by atoms with Crippen LogP contribution in [0.5, 0.6) is 0 Å². The van der Waals surface area contributed by atoms with Crippen molar-refractivity contribution in [3.8, 4) is 11.5 Å². The molecule has 2 aromatic rings. The Labute approximate surface area is 95.5 Å². The van der Waals surface area contributed by atoms with E-state index in [1.807, 2.05) is 5.38 Å². The minimum Gasteiger partial charge on any atom is -0.338 e. The third-order valence-corrected chi connectivity index (χ3v) is 3.07. The average molecular weight is 235 g/mol. The van der Waals surface area contributed by atoms with Crippen LogP contribution in [-0.2, 0) is 11.2 Å². The van der Waals surface area contributed by atoms with Crippen LogP contribution in [0.1, 0.15) is 18.7 Å². The van der Waals surface area contributed by atoms with Crippen LogP contribution in [0.2, 0.25) is 0 Å². The smallest absolute Gasteiger partial charge is 0.234 e. The molecule has 0 N–H and O–H groups in total. The third kappa shape index (κ3) is 1.88. The van der Waals surface area contributed by atoms with Gasteiger partial charge >= 0.3 is 0 Å². The van der Waals surface area contributed by atoms with Gasteiger partial charge in [-0.05, 0) is 12.8 Å². The van der Waals surface area contributed by atoms with Crippen molar-refractivity contribution in [2.75, 3.05) is 0 Å². The topological polar surface area (TPSA) is 68.9 Å². The largest absolute Gasteiger partial charge is 0.338 e. The molecule has 1 aliphatic rings. The number of Topliss-reactive ketones (excluding diaryl/α,β-unsaturated/α-hetero) is 1. The van der Waals surface area contributed by atoms with Crippen LogP contribution in [0.3, 0.4) is 0 Å². The van der Waals surface area contributed by atoms with Gasteiger partial charge in [0.15, 0.2) is 0 Å². The molecule has 0 saturated heterocycles. The van der Waals surface area contributed by atoms with Gasteiger partial charge in [-0.15, -0.1) is 11.3 Å². The molecule has 1 saturated carbocycles. The number of aromatic nitrogens is 3. The summed E-state index contributed by atoms with van der Waals surface area (Å²) in [4.78, 5) is 19.8. The van der Waals surface area contributed by atoms with E-state index < -0.39 is 0 Å². The zero-order chi connectivity index (χ0) is 11.0. The van der Waals surface area contributed by atoms with Crippen LogP contribution in [-0.4, -0.2) is 20.9 Å². The minimum absolute atomic E-state index is 0.202. The van der Waals surface area contributed by atoms with Gasteiger partial charge in [-0.1, -0.05) is 5.16 Å². The highest BCUT2D eigenvalue weighted by molar-refractivity contribution is 7.07. The van der Waals surface area contributed by atoms with Gasteiger partial charge < -0.3 is 4.52 Å². The van der Waals surface area contributed by atoms with E-state index in [9.17, 15) is 4.79 Å². The Morgan fingerprint density at radius 3 is 3.12 bits per heavy atom. The highest BCUT2D eigenvalue weighted by Crippen LogP contribution is 2.30. The zero-order valence-electron chi connectivity index (χ0n) is 8.42. The van der Waals surface area contributed by atoms with E-state index in [1.165, 1.54) is 11.3 Å². The van der Waals surface area contributed by atoms with E-state index in [1.54, 1.807) is 5.51 Å². The fraction of sp³-hybridized carbons (Fsp3) is 0.400. The third-order valence-electron chi connectivity index (χ3n) is 2.49. The maximum Gasteiger partial charge on any atom is 0.234 e. The Hall–Kier alpha value is -1.56. The summed E-state index contributed by atoms with van der Waals surface area (Å²) in [5.41, 5.74) is 2.40. The molecule has 0 amide bonds. The second kappa shape index (κ2) is 3.79. The molecule has 0 aromatic carbocycles. The quantitative estimate of drug-likeness (QED) is 0.807. The number of ketones is 1. The maximum absolute atomic E-state index is 11.5. The zero-order valence-corrected chi connectivity index (χ0v) is 9.24. The monoisotopic (exact) mass is 235 g/mol. The molecule has 2 aromatic heterocycles. The molecule has 0 bridgehead atoms. The molecule has 0 atom stereocenters. The van der Waals surface area contributed by atoms with Crippen molar-refractivity contribution in [1.29, 1.82) is 0 Å². The van der Waals surface area contributed by atoms with Gasteiger partial charge in [0.1, 0.15) is 11.5 Å². The number of hydrogen-bond acceptors (Lipinski definition) is 6. The van der Waals surface area contributed by atoms with Crippen molar-refractivity contribution in [2.24, 2.45) is 5.92 Å². The molecular formula is C10H9N3O2S. The predicted molar refractivity (Wildman–Crippen MR) is 56.8 cm³/mol. The van der Waals surface area contributed by atoms with Crippen LogP contribution in [0.25, 0.3) is 11.5 Å². The second-order valence-electron chi connectivity index (χ2n) is 3.80. The SMILES string of the molecule is O=C(Cc1nc(-c2cscn2)no1)C1CC1. The lowest BCUT2D eigenvalue weighted by Crippen LogP contribution is -2.04. The van der Waals surface area contributed by atoms with E-state index >= 15 is 0 Å². The van der Waals surface area contributed by atoms with E-state index in [0.717, 1.165) is 12.8 Å². The van der Waals surface area contributed by atoms with Crippen molar-refractivity contribution in [3.63, 3.8) is 0 Å². The van der Waals surface area contributed by atoms with Crippen molar-refractivity contribution < 1.29 is 9.32 Å². The second-order valence-corrected chi connectivity index (χ2v) is 4.52. The number of carbonyl (C=O) groups excluding carboxylic acids is 1. The van der Waals surface area contributed by atoms with Crippen LogP contribution < -0.4 is 0 Å². The summed E-state index contributed by atoms with van der Waals surface area (Å²) >= 11 is 1.47. The summed E-state index contributed by atoms with van der Waals surface area (Å²) in [7, 11) is 0. The first kappa shape index (κ1) is 9.65. The van der Waals surface area contributed by atoms with Crippen LogP contribution in [0, 0.1) is 5.92 Å². The normalized spacial score (nSPS) is 15.2. The van der Waals surface area contributed by atoms with Gasteiger partial charge in [0.25, 0.3) is 0 Å². The molecule has 16 heavy (non-hydrogen) atoms. The number of carbonyl (C=O) groups is 1. The average Bonchev–Trinajstić information content (AvgIpc) is 2.80. The van der Waals surface area contributed by atoms with Crippen molar-refractivity contribution in [3.05, 3.63) is 16.8 Å². The van der Waals surface area contributed by atoms with Gasteiger partial charge in [0.2, 0.25) is 11.7 Å². The Morgan fingerprint density at radius 1 is 1.56 bits per heavy atom. The lowest BCUT2D eigenvalue weighted by Gasteiger charge is -1.90. The molecule has 0 aliphatic heterocycles. The molecule has 5 nitrogen and oxygen atoms in total. The standard InChI is InChI=1S/C10H9N3O2S/c14-8(6-1-2-6)3-9-12-10(13-15-9)7-4-16-5-11-7/h4-6H,1-3H2. The first-order valence-corrected chi connectivity index (χ1v) is 6.01. The maximum atomic E-state index is 11.5. The molecule has 0 unspecified atom stereocenters. The summed E-state index contributed by atoms with van der Waals surface area (Å²) in [5, 5.41) is 5.64. The summed E-state index contributed by atoms with van der Waals surface area (Å²) in [6.45, 7) is 0. The van der Waals surface area contributed by atoms with Gasteiger partial charge in [-0.2, -0.15) is 4.98 Å². The van der Waals surface area contributed by atoms with Gasteiger partial charge in [-0.25, -0.2) is 4.98 Å². The number of nitrogens with zero attached hydrogens (tertiary/aromatic N) is 3. The van der Waals surface area contributed by atoms with Gasteiger partial charge in [0.05, 0.1) is 11.9 Å². The van der Waals surface area contributed by atoms with Crippen LogP contribution >= 0.6 is 11.3 Å². The summed E-state index contributed by atoms with van der Waals surface area (Å²) in [5.74, 6) is 1.28. The first-order chi connectivity index (χ1) is 7.83. The fourth-order valence-corrected chi connectivity index (χ4v) is 1.98. The molecule has 6 heteroatoms. The lowest BCUT2D eigenvalue weighted by atomic mass is 10.2. The van der Waals surface area contributed by atoms with Gasteiger partial charge in [0, 0.05) is 11.3 Å². The molecule has 3 rings (SSSR count). The summed E-state index contributed by atoms with van der Waals surface area (Å²) in [6.07, 6.45) is 2.26. The van der Waals surface area contributed by atoms with Crippen LogP contribution in [0.4, 0.5) is 0 Å². The molecular weight excluding hydrogens is 226 g/mol. The van der Waals surface area contributed by atoms with Crippen LogP contribution in [0.15, 0.2) is 15.4 Å². The molecule has 1 aliphatic carbocycles. The first-order valence-electron chi connectivity index (χ1n) is 5.07. The lowest BCUT2D eigenvalue weighted by molar-refractivity contribution is -0.119. The molecule has 82 valence electrons. The Morgan fingerprint density at radius 2 is 2.44 bits per heavy atom. The fourth-order valence-electron chi connectivity index (χ4n) is 1.45. The van der Waals surface area contributed by atoms with E-state index in [4.69, 9.17) is 4.52 Å². The molecule has 0 radical (unpaired) electrons. The summed E-state index contributed by atoms with van der Waals surface area (Å²) < 4.78 is 5.02. The van der Waals surface area contributed by atoms with Crippen molar-refractivity contribution in [1.82, 2.24) is 15.1 Å². The molecule has 1 fully saturated rings. The van der Waals surface area contributed by atoms with E-state index in [2.05, 4.69) is 15.1 Å². The highest BCUT2D eigenvalue weighted by atomic mass is 32.1. The van der Waals surface area contributed by atoms with Gasteiger partial charge in [-0.3, -0.25) is 4.79 Å². The van der Waals surface area contributed by atoms with Crippen molar-refractivity contribution in [2.45, 2.75) is 19.3 Å². The Bertz CT molecular complexity index is 502. The van der Waals surface area contributed by atoms with Crippen molar-refractivity contribution >= 4 is 17.1 Å². The number of rotatable bonds is 4. The Balaban J connectivity index is 1.75. The predicted octanol–water partition coefficient (Wildman–Crippen LogP) is 1.71. The molecule has 2 heterocycles. The number of hydrogen-bond donors (Lipinski definition) is 0. The van der Waals surface area contributed by atoms with E-state index in [-0.39, 0.29) is 18.1 Å². The minimum atomic E-state index is 0.202. The van der Waals surface area contributed by atoms with E-state index in [0.29, 0.717) is 17.4 Å². The Kier molecular flexibility index (Phi) is 2.28. The highest BCUT2D eigenvalue weighted by Gasteiger charge is 2.30. The molecule has 0 spiro atoms. The number of thiazole rings is 1.